The lowest BCUT2D eigenvalue weighted by Crippen LogP contribution is -2.01. The maximum atomic E-state index is 10.7. The van der Waals surface area contributed by atoms with Gasteiger partial charge in [-0.15, -0.1) is 0 Å². The maximum absolute atomic E-state index is 10.7. The lowest BCUT2D eigenvalue weighted by molar-refractivity contribution is 0.101. The van der Waals surface area contributed by atoms with E-state index in [9.17, 15) is 4.79 Å². The molecule has 0 spiro atoms. The first kappa shape index (κ1) is 38.4. The average molecular weight is 600 g/mol. The number of phenols is 1. The van der Waals surface area contributed by atoms with Crippen LogP contribution in [0.25, 0.3) is 0 Å². The van der Waals surface area contributed by atoms with E-state index in [2.05, 4.69) is 79.2 Å². The summed E-state index contributed by atoms with van der Waals surface area (Å²) in [6, 6.07) is 10.5. The van der Waals surface area contributed by atoms with Gasteiger partial charge in [0, 0.05) is 30.1 Å². The quantitative estimate of drug-likeness (QED) is 0.177. The number of halogens is 1. The standard InChI is InChI=1S/C13H24.C8H8O2.C7H9N.C6H10BrN/c1-6-8-13(9-7-2)12(5)10-11(3)4;1-6(9)7-4-2-3-5-8(7)10;1-2-7-4-3-5-8-6-7;1-5(2)6(7)4-8-3/h10,13H,5-9H2,1-4H3;2-5,10H,1H3;3-6H,2H2,1H3;4H,1-3H3. The number of carbonyl (C=O) groups is 1. The molecular weight excluding hydrogens is 548 g/mol. The molecule has 0 atom stereocenters. The van der Waals surface area contributed by atoms with Gasteiger partial charge in [-0.25, -0.2) is 0 Å². The Hall–Kier alpha value is -2.79. The van der Waals surface area contributed by atoms with Gasteiger partial charge in [0.15, 0.2) is 5.78 Å². The first-order chi connectivity index (χ1) is 18.4. The molecule has 0 aliphatic carbocycles. The van der Waals surface area contributed by atoms with Gasteiger partial charge in [0.2, 0.25) is 0 Å². The van der Waals surface area contributed by atoms with Crippen molar-refractivity contribution in [1.29, 1.82) is 0 Å². The molecule has 216 valence electrons. The second-order valence-corrected chi connectivity index (χ2v) is 10.4. The van der Waals surface area contributed by atoms with Crippen molar-refractivity contribution >= 4 is 27.9 Å². The van der Waals surface area contributed by atoms with Crippen molar-refractivity contribution in [3.8, 4) is 5.75 Å². The molecule has 0 saturated heterocycles. The summed E-state index contributed by atoms with van der Waals surface area (Å²) >= 11 is 3.33. The number of benzene rings is 1. The summed E-state index contributed by atoms with van der Waals surface area (Å²) in [5.41, 5.74) is 5.61. The third-order valence-corrected chi connectivity index (χ3v) is 6.40. The number of carbonyl (C=O) groups excluding carboxylic acids is 1. The van der Waals surface area contributed by atoms with Crippen molar-refractivity contribution in [2.24, 2.45) is 10.9 Å². The molecule has 0 aliphatic heterocycles. The van der Waals surface area contributed by atoms with Gasteiger partial charge in [-0.2, -0.15) is 0 Å². The number of rotatable bonds is 9. The minimum Gasteiger partial charge on any atom is -0.507 e. The van der Waals surface area contributed by atoms with Crippen LogP contribution in [0.4, 0.5) is 0 Å². The van der Waals surface area contributed by atoms with Crippen LogP contribution in [-0.4, -0.2) is 29.1 Å². The van der Waals surface area contributed by atoms with E-state index in [-0.39, 0.29) is 11.5 Å². The van der Waals surface area contributed by atoms with Gasteiger partial charge in [-0.3, -0.25) is 14.8 Å². The Bertz CT molecular complexity index is 1030. The molecule has 1 aromatic carbocycles. The Balaban J connectivity index is 0. The van der Waals surface area contributed by atoms with E-state index >= 15 is 0 Å². The van der Waals surface area contributed by atoms with Crippen LogP contribution < -0.4 is 0 Å². The highest BCUT2D eigenvalue weighted by molar-refractivity contribution is 9.12. The van der Waals surface area contributed by atoms with E-state index in [0.29, 0.717) is 11.5 Å². The van der Waals surface area contributed by atoms with Gasteiger partial charge in [-0.05, 0) is 99.5 Å². The van der Waals surface area contributed by atoms with Crippen molar-refractivity contribution in [2.75, 3.05) is 7.05 Å². The number of aromatic hydroxyl groups is 1. The van der Waals surface area contributed by atoms with Gasteiger partial charge in [0.25, 0.3) is 0 Å². The third-order valence-electron chi connectivity index (χ3n) is 5.41. The first-order valence-corrected chi connectivity index (χ1v) is 14.5. The van der Waals surface area contributed by atoms with Crippen LogP contribution in [0, 0.1) is 5.92 Å². The maximum Gasteiger partial charge on any atom is 0.163 e. The van der Waals surface area contributed by atoms with Crippen LogP contribution in [0.2, 0.25) is 0 Å². The Morgan fingerprint density at radius 3 is 1.92 bits per heavy atom. The average Bonchev–Trinajstić information content (AvgIpc) is 2.90. The SMILES string of the molecule is C=C(C=C(C)C)C(CCC)CCC.CC(=O)c1ccccc1O.CCc1cccnc1.CN=CC(Br)=C(C)C. The Morgan fingerprint density at radius 2 is 1.62 bits per heavy atom. The van der Waals surface area contributed by atoms with Crippen molar-refractivity contribution in [3.05, 3.63) is 93.8 Å². The molecule has 1 N–H and O–H groups in total. The molecule has 2 aromatic rings. The second-order valence-electron chi connectivity index (χ2n) is 9.59. The topological polar surface area (TPSA) is 62.5 Å². The van der Waals surface area contributed by atoms with E-state index in [1.54, 1.807) is 37.7 Å². The molecule has 0 fully saturated rings. The number of phenolic OH excluding ortho intramolecular Hbond substituents is 1. The molecule has 0 aliphatic rings. The highest BCUT2D eigenvalue weighted by Crippen LogP contribution is 2.23. The summed E-state index contributed by atoms with van der Waals surface area (Å²) in [6.45, 7) is 20.5. The fourth-order valence-electron chi connectivity index (χ4n) is 3.32. The number of aliphatic imine (C=N–C) groups is 1. The second kappa shape index (κ2) is 24.3. The number of allylic oxidation sites excluding steroid dienone is 5. The van der Waals surface area contributed by atoms with Crippen molar-refractivity contribution in [1.82, 2.24) is 4.98 Å². The lowest BCUT2D eigenvalue weighted by Gasteiger charge is -2.15. The molecular formula is C34H51BrN2O2. The smallest absolute Gasteiger partial charge is 0.163 e. The molecule has 1 aromatic heterocycles. The fraction of sp³-hybridized carbons (Fsp3) is 0.441. The molecule has 39 heavy (non-hydrogen) atoms. The summed E-state index contributed by atoms with van der Waals surface area (Å²) in [7, 11) is 1.75. The number of nitrogens with zero attached hydrogens (tertiary/aromatic N) is 2. The normalized spacial score (nSPS) is 9.72. The minimum absolute atomic E-state index is 0.0509. The van der Waals surface area contributed by atoms with Crippen LogP contribution >= 0.6 is 15.9 Å². The number of pyridine rings is 1. The fourth-order valence-corrected chi connectivity index (χ4v) is 3.53. The summed E-state index contributed by atoms with van der Waals surface area (Å²) in [6.07, 6.45) is 13.9. The monoisotopic (exact) mass is 598 g/mol. The predicted molar refractivity (Wildman–Crippen MR) is 175 cm³/mol. The van der Waals surface area contributed by atoms with Gasteiger partial charge in [-0.1, -0.05) is 81.2 Å². The molecule has 2 rings (SSSR count). The Labute approximate surface area is 247 Å². The van der Waals surface area contributed by atoms with Gasteiger partial charge in [0.05, 0.1) is 5.56 Å². The zero-order valence-corrected chi connectivity index (χ0v) is 27.3. The number of aryl methyl sites for hydroxylation is 1. The first-order valence-electron chi connectivity index (χ1n) is 13.7. The molecule has 0 saturated carbocycles. The van der Waals surface area contributed by atoms with Crippen molar-refractivity contribution < 1.29 is 9.90 Å². The summed E-state index contributed by atoms with van der Waals surface area (Å²) in [4.78, 5) is 18.5. The van der Waals surface area contributed by atoms with Crippen molar-refractivity contribution in [2.45, 2.75) is 87.5 Å². The molecule has 4 nitrogen and oxygen atoms in total. The van der Waals surface area contributed by atoms with Gasteiger partial charge in [0.1, 0.15) is 5.75 Å². The van der Waals surface area contributed by atoms with E-state index in [1.165, 1.54) is 61.0 Å². The summed E-state index contributed by atoms with van der Waals surface area (Å²) < 4.78 is 1.07. The molecule has 1 heterocycles. The van der Waals surface area contributed by atoms with E-state index in [4.69, 9.17) is 5.11 Å². The minimum atomic E-state index is -0.113. The largest absolute Gasteiger partial charge is 0.507 e. The van der Waals surface area contributed by atoms with Crippen LogP contribution in [0.5, 0.6) is 5.75 Å². The summed E-state index contributed by atoms with van der Waals surface area (Å²) in [5, 5.41) is 9.06. The molecule has 0 radical (unpaired) electrons. The zero-order valence-electron chi connectivity index (χ0n) is 25.7. The van der Waals surface area contributed by atoms with Crippen LogP contribution in [0.3, 0.4) is 0 Å². The highest BCUT2D eigenvalue weighted by Gasteiger charge is 2.08. The van der Waals surface area contributed by atoms with Gasteiger partial charge >= 0.3 is 0 Å². The van der Waals surface area contributed by atoms with Crippen LogP contribution in [0.15, 0.2) is 87.6 Å². The number of hydrogen-bond donors (Lipinski definition) is 1. The van der Waals surface area contributed by atoms with Crippen LogP contribution in [0.1, 0.15) is 97.0 Å². The molecule has 0 amide bonds. The Kier molecular flexibility index (Phi) is 23.9. The predicted octanol–water partition coefficient (Wildman–Crippen LogP) is 10.3. The summed E-state index contributed by atoms with van der Waals surface area (Å²) in [5.74, 6) is 0.651. The lowest BCUT2D eigenvalue weighted by atomic mass is 9.90. The number of aromatic nitrogens is 1. The molecule has 5 heteroatoms. The van der Waals surface area contributed by atoms with E-state index in [0.717, 1.165) is 10.9 Å². The van der Waals surface area contributed by atoms with E-state index < -0.39 is 0 Å². The Morgan fingerprint density at radius 1 is 1.03 bits per heavy atom. The number of Topliss-reactive ketones (excluding diaryl/α,β-unsaturated/α-hetero) is 1. The molecule has 0 bridgehead atoms. The number of ketones is 1. The number of hydrogen-bond acceptors (Lipinski definition) is 4. The van der Waals surface area contributed by atoms with Crippen molar-refractivity contribution in [3.63, 3.8) is 0 Å². The molecule has 0 unspecified atom stereocenters. The zero-order chi connectivity index (χ0) is 30.2. The number of para-hydroxylation sites is 1. The van der Waals surface area contributed by atoms with Gasteiger partial charge < -0.3 is 5.11 Å². The van der Waals surface area contributed by atoms with Crippen LogP contribution in [-0.2, 0) is 6.42 Å². The van der Waals surface area contributed by atoms with E-state index in [1.807, 2.05) is 26.1 Å². The third kappa shape index (κ3) is 20.8. The highest BCUT2D eigenvalue weighted by atomic mass is 79.9.